The summed E-state index contributed by atoms with van der Waals surface area (Å²) < 4.78 is 12.4. The predicted octanol–water partition coefficient (Wildman–Crippen LogP) is 6.96. The van der Waals surface area contributed by atoms with E-state index in [4.69, 9.17) is 9.47 Å². The fourth-order valence-electron chi connectivity index (χ4n) is 4.02. The SMILES string of the molecule is C=C(C)c1cc(C(=O)N(C)Cc2ccc(C=O)cc2)c(OCc2ccccc2)cc1OCc1ccccc1. The van der Waals surface area contributed by atoms with Crippen LogP contribution in [-0.4, -0.2) is 24.1 Å². The van der Waals surface area contributed by atoms with Gasteiger partial charge in [-0.15, -0.1) is 0 Å². The summed E-state index contributed by atoms with van der Waals surface area (Å²) in [4.78, 5) is 26.3. The normalized spacial score (nSPS) is 10.5. The maximum Gasteiger partial charge on any atom is 0.257 e. The van der Waals surface area contributed by atoms with E-state index in [9.17, 15) is 9.59 Å². The van der Waals surface area contributed by atoms with Crippen LogP contribution >= 0.6 is 0 Å². The molecule has 0 aliphatic rings. The van der Waals surface area contributed by atoms with E-state index < -0.39 is 0 Å². The van der Waals surface area contributed by atoms with E-state index in [0.29, 0.717) is 42.4 Å². The topological polar surface area (TPSA) is 55.8 Å². The first-order chi connectivity index (χ1) is 18.4. The molecule has 0 radical (unpaired) electrons. The van der Waals surface area contributed by atoms with Crippen LogP contribution in [0.1, 0.15) is 49.9 Å². The second kappa shape index (κ2) is 12.5. The molecule has 0 saturated heterocycles. The standard InChI is InChI=1S/C33H31NO4/c1-24(2)29-18-30(33(36)34(3)20-25-14-16-26(21-35)17-15-25)32(38-23-28-12-8-5-9-13-28)19-31(29)37-22-27-10-6-4-7-11-27/h4-19,21H,1,20,22-23H2,2-3H3. The number of allylic oxidation sites excluding steroid dienone is 1. The number of rotatable bonds is 11. The van der Waals surface area contributed by atoms with Gasteiger partial charge in [0, 0.05) is 30.8 Å². The van der Waals surface area contributed by atoms with Gasteiger partial charge in [0.1, 0.15) is 31.0 Å². The Morgan fingerprint density at radius 1 is 0.763 bits per heavy atom. The largest absolute Gasteiger partial charge is 0.488 e. The van der Waals surface area contributed by atoms with Crippen molar-refractivity contribution in [1.82, 2.24) is 4.90 Å². The van der Waals surface area contributed by atoms with Crippen LogP contribution < -0.4 is 9.47 Å². The van der Waals surface area contributed by atoms with Crippen LogP contribution in [0.15, 0.2) is 104 Å². The lowest BCUT2D eigenvalue weighted by Gasteiger charge is -2.22. The lowest BCUT2D eigenvalue weighted by atomic mass is 10.0. The smallest absolute Gasteiger partial charge is 0.257 e. The highest BCUT2D eigenvalue weighted by atomic mass is 16.5. The first kappa shape index (κ1) is 26.4. The third kappa shape index (κ3) is 6.77. The quantitative estimate of drug-likeness (QED) is 0.207. The van der Waals surface area contributed by atoms with Crippen LogP contribution in [0, 0.1) is 0 Å². The van der Waals surface area contributed by atoms with Crippen molar-refractivity contribution < 1.29 is 19.1 Å². The number of ether oxygens (including phenoxy) is 2. The summed E-state index contributed by atoms with van der Waals surface area (Å²) in [5.74, 6) is 0.854. The van der Waals surface area contributed by atoms with Gasteiger partial charge in [0.05, 0.1) is 5.56 Å². The van der Waals surface area contributed by atoms with Gasteiger partial charge >= 0.3 is 0 Å². The predicted molar refractivity (Wildman–Crippen MR) is 150 cm³/mol. The molecule has 1 amide bonds. The van der Waals surface area contributed by atoms with E-state index in [1.807, 2.05) is 79.7 Å². The monoisotopic (exact) mass is 505 g/mol. The molecule has 0 heterocycles. The second-order valence-electron chi connectivity index (χ2n) is 9.19. The number of carbonyl (C=O) groups excluding carboxylic acids is 2. The van der Waals surface area contributed by atoms with E-state index in [1.54, 1.807) is 36.2 Å². The van der Waals surface area contributed by atoms with E-state index in [1.165, 1.54) is 0 Å². The molecular weight excluding hydrogens is 474 g/mol. The lowest BCUT2D eigenvalue weighted by Crippen LogP contribution is -2.27. The Morgan fingerprint density at radius 3 is 1.79 bits per heavy atom. The van der Waals surface area contributed by atoms with Crippen molar-refractivity contribution in [2.45, 2.75) is 26.7 Å². The highest BCUT2D eigenvalue weighted by molar-refractivity contribution is 5.98. The van der Waals surface area contributed by atoms with Crippen LogP contribution in [0.4, 0.5) is 0 Å². The molecule has 0 atom stereocenters. The van der Waals surface area contributed by atoms with E-state index in [0.717, 1.165) is 34.1 Å². The van der Waals surface area contributed by atoms with Crippen molar-refractivity contribution in [1.29, 1.82) is 0 Å². The molecule has 4 rings (SSSR count). The molecule has 4 aromatic carbocycles. The van der Waals surface area contributed by atoms with E-state index in [-0.39, 0.29) is 5.91 Å². The highest BCUT2D eigenvalue weighted by Crippen LogP contribution is 2.35. The molecule has 0 fully saturated rings. The Kier molecular flexibility index (Phi) is 8.73. The molecule has 0 aliphatic heterocycles. The summed E-state index contributed by atoms with van der Waals surface area (Å²) in [6, 6.07) is 30.5. The molecule has 0 aromatic heterocycles. The molecule has 0 saturated carbocycles. The Hall–Kier alpha value is -4.64. The van der Waals surface area contributed by atoms with Gasteiger partial charge in [0.2, 0.25) is 0 Å². The van der Waals surface area contributed by atoms with E-state index in [2.05, 4.69) is 6.58 Å². The summed E-state index contributed by atoms with van der Waals surface area (Å²) in [6.07, 6.45) is 0.801. The number of hydrogen-bond acceptors (Lipinski definition) is 4. The van der Waals surface area contributed by atoms with Crippen molar-refractivity contribution in [3.8, 4) is 11.5 Å². The molecule has 5 heteroatoms. The summed E-state index contributed by atoms with van der Waals surface area (Å²) in [7, 11) is 1.75. The van der Waals surface area contributed by atoms with Gasteiger partial charge in [0.25, 0.3) is 5.91 Å². The van der Waals surface area contributed by atoms with Crippen molar-refractivity contribution in [2.24, 2.45) is 0 Å². The van der Waals surface area contributed by atoms with Gasteiger partial charge in [-0.05, 0) is 35.3 Å². The Labute approximate surface area is 224 Å². The van der Waals surface area contributed by atoms with Crippen LogP contribution in [0.3, 0.4) is 0 Å². The second-order valence-corrected chi connectivity index (χ2v) is 9.19. The average molecular weight is 506 g/mol. The summed E-state index contributed by atoms with van der Waals surface area (Å²) in [6.45, 7) is 7.08. The molecule has 0 aliphatic carbocycles. The van der Waals surface area contributed by atoms with Gasteiger partial charge in [-0.1, -0.05) is 91.5 Å². The first-order valence-corrected chi connectivity index (χ1v) is 12.4. The Morgan fingerprint density at radius 2 is 1.29 bits per heavy atom. The van der Waals surface area contributed by atoms with Gasteiger partial charge < -0.3 is 14.4 Å². The fourth-order valence-corrected chi connectivity index (χ4v) is 4.02. The number of carbonyl (C=O) groups is 2. The molecule has 192 valence electrons. The number of hydrogen-bond donors (Lipinski definition) is 0. The summed E-state index contributed by atoms with van der Waals surface area (Å²) >= 11 is 0. The molecule has 4 aromatic rings. The molecule has 0 bridgehead atoms. The molecule has 0 N–H and O–H groups in total. The van der Waals surface area contributed by atoms with Crippen molar-refractivity contribution in [3.05, 3.63) is 137 Å². The number of benzene rings is 4. The number of aldehydes is 1. The third-order valence-corrected chi connectivity index (χ3v) is 6.13. The minimum Gasteiger partial charge on any atom is -0.488 e. The highest BCUT2D eigenvalue weighted by Gasteiger charge is 2.22. The molecule has 0 unspecified atom stereocenters. The number of amides is 1. The zero-order valence-corrected chi connectivity index (χ0v) is 21.7. The van der Waals surface area contributed by atoms with Crippen molar-refractivity contribution in [3.63, 3.8) is 0 Å². The van der Waals surface area contributed by atoms with Gasteiger partial charge in [-0.25, -0.2) is 0 Å². The van der Waals surface area contributed by atoms with Crippen LogP contribution in [0.2, 0.25) is 0 Å². The molecule has 38 heavy (non-hydrogen) atoms. The third-order valence-electron chi connectivity index (χ3n) is 6.13. The van der Waals surface area contributed by atoms with Crippen molar-refractivity contribution in [2.75, 3.05) is 7.05 Å². The van der Waals surface area contributed by atoms with Crippen LogP contribution in [0.25, 0.3) is 5.57 Å². The fraction of sp³-hybridized carbons (Fsp3) is 0.152. The van der Waals surface area contributed by atoms with Crippen LogP contribution in [0.5, 0.6) is 11.5 Å². The average Bonchev–Trinajstić information content (AvgIpc) is 2.95. The maximum absolute atomic E-state index is 13.7. The summed E-state index contributed by atoms with van der Waals surface area (Å²) in [5.41, 5.74) is 5.50. The van der Waals surface area contributed by atoms with Gasteiger partial charge in [-0.3, -0.25) is 9.59 Å². The minimum atomic E-state index is -0.190. The lowest BCUT2D eigenvalue weighted by molar-refractivity contribution is 0.0779. The zero-order valence-electron chi connectivity index (χ0n) is 21.7. The minimum absolute atomic E-state index is 0.190. The van der Waals surface area contributed by atoms with Gasteiger partial charge in [0.15, 0.2) is 0 Å². The number of nitrogens with zero attached hydrogens (tertiary/aromatic N) is 1. The molecule has 0 spiro atoms. The molecule has 5 nitrogen and oxygen atoms in total. The maximum atomic E-state index is 13.7. The van der Waals surface area contributed by atoms with Gasteiger partial charge in [-0.2, -0.15) is 0 Å². The Bertz CT molecular complexity index is 1400. The van der Waals surface area contributed by atoms with Crippen molar-refractivity contribution >= 4 is 17.8 Å². The summed E-state index contributed by atoms with van der Waals surface area (Å²) in [5, 5.41) is 0. The zero-order chi connectivity index (χ0) is 26.9. The first-order valence-electron chi connectivity index (χ1n) is 12.4. The Balaban J connectivity index is 1.65. The molecular formula is C33H31NO4. The van der Waals surface area contributed by atoms with E-state index >= 15 is 0 Å². The van der Waals surface area contributed by atoms with Crippen LogP contribution in [-0.2, 0) is 19.8 Å².